The molecule has 2 heterocycles. The van der Waals surface area contributed by atoms with Crippen molar-refractivity contribution in [1.29, 1.82) is 0 Å². The fraction of sp³-hybridized carbons (Fsp3) is 0.261. The Labute approximate surface area is 194 Å². The number of carbonyl (C=O) groups is 3. The van der Waals surface area contributed by atoms with Crippen LogP contribution in [0, 0.1) is 0 Å². The van der Waals surface area contributed by atoms with Gasteiger partial charge in [0.1, 0.15) is 18.9 Å². The van der Waals surface area contributed by atoms with E-state index in [9.17, 15) is 19.5 Å². The van der Waals surface area contributed by atoms with Crippen molar-refractivity contribution in [3.05, 3.63) is 63.8 Å². The molecule has 2 aliphatic rings. The van der Waals surface area contributed by atoms with Gasteiger partial charge in [-0.05, 0) is 30.3 Å². The lowest BCUT2D eigenvalue weighted by molar-refractivity contribution is -0.136. The molecule has 2 aromatic carbocycles. The van der Waals surface area contributed by atoms with E-state index in [1.54, 1.807) is 30.3 Å². The predicted molar refractivity (Wildman–Crippen MR) is 119 cm³/mol. The quantitative estimate of drug-likeness (QED) is 0.464. The molecule has 1 amide bonds. The molecule has 0 saturated heterocycles. The monoisotopic (exact) mass is 472 g/mol. The summed E-state index contributed by atoms with van der Waals surface area (Å²) in [4.78, 5) is 39.9. The summed E-state index contributed by atoms with van der Waals surface area (Å²) in [5.74, 6) is -0.733. The van der Waals surface area contributed by atoms with Gasteiger partial charge in [0.05, 0.1) is 31.5 Å². The zero-order chi connectivity index (χ0) is 23.5. The summed E-state index contributed by atoms with van der Waals surface area (Å²) in [6.45, 7) is 0.413. The number of carbonyl (C=O) groups excluding carboxylic acids is 3. The standard InChI is InChI=1S/C23H21ClN2O7/c1-31-23(30)16-12-26(6-7-27)22(29)20(16)25-17-11-19-18(32-8-9-33-19)10-15(17)21(28)13-2-4-14(24)5-3-13/h2-5,10-11,25,27H,6-9,12H2,1H3. The van der Waals surface area contributed by atoms with Crippen molar-refractivity contribution < 1.29 is 33.7 Å². The number of nitrogens with one attached hydrogen (secondary N) is 1. The summed E-state index contributed by atoms with van der Waals surface area (Å²) >= 11 is 5.95. The second-order valence-electron chi connectivity index (χ2n) is 7.30. The van der Waals surface area contributed by atoms with Crippen LogP contribution in [0.15, 0.2) is 47.7 Å². The fourth-order valence-electron chi connectivity index (χ4n) is 3.62. The highest BCUT2D eigenvalue weighted by atomic mass is 35.5. The summed E-state index contributed by atoms with van der Waals surface area (Å²) in [5.41, 5.74) is 0.912. The zero-order valence-corrected chi connectivity index (χ0v) is 18.5. The molecule has 2 aliphatic heterocycles. The van der Waals surface area contributed by atoms with Crippen LogP contribution >= 0.6 is 11.6 Å². The molecule has 2 N–H and O–H groups in total. The van der Waals surface area contributed by atoms with Crippen molar-refractivity contribution in [2.24, 2.45) is 0 Å². The first kappa shape index (κ1) is 22.6. The van der Waals surface area contributed by atoms with Crippen LogP contribution in [0.2, 0.25) is 5.02 Å². The van der Waals surface area contributed by atoms with Gasteiger partial charge >= 0.3 is 5.97 Å². The lowest BCUT2D eigenvalue weighted by Gasteiger charge is -2.22. The van der Waals surface area contributed by atoms with E-state index < -0.39 is 11.9 Å². The summed E-state index contributed by atoms with van der Waals surface area (Å²) in [6.07, 6.45) is 0. The number of nitrogens with zero attached hydrogens (tertiary/aromatic N) is 1. The van der Waals surface area contributed by atoms with E-state index in [-0.39, 0.29) is 48.0 Å². The topological polar surface area (TPSA) is 114 Å². The maximum absolute atomic E-state index is 13.3. The Hall–Kier alpha value is -3.56. The molecule has 0 atom stereocenters. The average molecular weight is 473 g/mol. The number of esters is 1. The Kier molecular flexibility index (Phi) is 6.52. The molecular formula is C23H21ClN2O7. The van der Waals surface area contributed by atoms with E-state index in [1.807, 2.05) is 0 Å². The summed E-state index contributed by atoms with van der Waals surface area (Å²) < 4.78 is 16.1. The molecule has 0 radical (unpaired) electrons. The largest absolute Gasteiger partial charge is 0.486 e. The Morgan fingerprint density at radius 3 is 2.45 bits per heavy atom. The molecule has 0 spiro atoms. The van der Waals surface area contributed by atoms with E-state index in [2.05, 4.69) is 5.32 Å². The molecular weight excluding hydrogens is 452 g/mol. The number of aliphatic hydroxyl groups is 1. The average Bonchev–Trinajstić information content (AvgIpc) is 3.13. The Morgan fingerprint density at radius 1 is 1.15 bits per heavy atom. The third kappa shape index (κ3) is 4.50. The Balaban J connectivity index is 1.78. The van der Waals surface area contributed by atoms with E-state index in [0.29, 0.717) is 35.3 Å². The number of hydrogen-bond acceptors (Lipinski definition) is 8. The van der Waals surface area contributed by atoms with Gasteiger partial charge in [-0.1, -0.05) is 11.6 Å². The van der Waals surface area contributed by atoms with Crippen LogP contribution in [0.3, 0.4) is 0 Å². The van der Waals surface area contributed by atoms with Gasteiger partial charge in [-0.15, -0.1) is 0 Å². The highest BCUT2D eigenvalue weighted by Crippen LogP contribution is 2.38. The molecule has 172 valence electrons. The molecule has 4 rings (SSSR count). The Bertz CT molecular complexity index is 1140. The van der Waals surface area contributed by atoms with E-state index in [0.717, 1.165) is 0 Å². The van der Waals surface area contributed by atoms with Gasteiger partial charge in [-0.3, -0.25) is 9.59 Å². The van der Waals surface area contributed by atoms with Gasteiger partial charge < -0.3 is 29.5 Å². The number of anilines is 1. The Morgan fingerprint density at radius 2 is 1.82 bits per heavy atom. The first-order chi connectivity index (χ1) is 15.9. The van der Waals surface area contributed by atoms with Crippen molar-refractivity contribution in [3.8, 4) is 11.5 Å². The van der Waals surface area contributed by atoms with Crippen LogP contribution in [0.25, 0.3) is 0 Å². The summed E-state index contributed by atoms with van der Waals surface area (Å²) in [5, 5.41) is 12.7. The van der Waals surface area contributed by atoms with Gasteiger partial charge in [0.2, 0.25) is 0 Å². The lowest BCUT2D eigenvalue weighted by Crippen LogP contribution is -2.31. The molecule has 0 bridgehead atoms. The van der Waals surface area contributed by atoms with Crippen molar-refractivity contribution in [2.45, 2.75) is 0 Å². The molecule has 2 aromatic rings. The van der Waals surface area contributed by atoms with Gasteiger partial charge in [-0.2, -0.15) is 0 Å². The number of halogens is 1. The highest BCUT2D eigenvalue weighted by molar-refractivity contribution is 6.30. The maximum atomic E-state index is 13.3. The lowest BCUT2D eigenvalue weighted by atomic mass is 10.00. The number of ether oxygens (including phenoxy) is 3. The number of fused-ring (bicyclic) bond motifs is 1. The number of ketones is 1. The normalized spacial score (nSPS) is 15.0. The first-order valence-corrected chi connectivity index (χ1v) is 10.5. The zero-order valence-electron chi connectivity index (χ0n) is 17.7. The maximum Gasteiger partial charge on any atom is 0.337 e. The molecule has 0 aliphatic carbocycles. The number of rotatable bonds is 7. The number of aliphatic hydroxyl groups excluding tert-OH is 1. The van der Waals surface area contributed by atoms with Gasteiger partial charge in [0, 0.05) is 28.8 Å². The minimum atomic E-state index is -0.686. The van der Waals surface area contributed by atoms with Gasteiger partial charge in [0.25, 0.3) is 5.91 Å². The molecule has 0 saturated carbocycles. The minimum Gasteiger partial charge on any atom is -0.486 e. The summed E-state index contributed by atoms with van der Waals surface area (Å²) in [6, 6.07) is 9.48. The van der Waals surface area contributed by atoms with Crippen LogP contribution in [-0.2, 0) is 14.3 Å². The molecule has 0 unspecified atom stereocenters. The fourth-order valence-corrected chi connectivity index (χ4v) is 3.75. The molecule has 10 heteroatoms. The van der Waals surface area contributed by atoms with Crippen LogP contribution in [-0.4, -0.2) is 67.7 Å². The predicted octanol–water partition coefficient (Wildman–Crippen LogP) is 2.02. The van der Waals surface area contributed by atoms with Crippen molar-refractivity contribution >= 4 is 34.9 Å². The van der Waals surface area contributed by atoms with Gasteiger partial charge in [0.15, 0.2) is 17.3 Å². The molecule has 0 aromatic heterocycles. The number of hydrogen-bond donors (Lipinski definition) is 2. The second kappa shape index (κ2) is 9.51. The van der Waals surface area contributed by atoms with Gasteiger partial charge in [-0.25, -0.2) is 4.79 Å². The van der Waals surface area contributed by atoms with E-state index in [1.165, 1.54) is 18.1 Å². The smallest absolute Gasteiger partial charge is 0.337 e. The minimum absolute atomic E-state index is 0.0284. The van der Waals surface area contributed by atoms with E-state index in [4.69, 9.17) is 25.8 Å². The SMILES string of the molecule is COC(=O)C1=C(Nc2cc3c(cc2C(=O)c2ccc(Cl)cc2)OCCO3)C(=O)N(CCO)C1. The molecule has 33 heavy (non-hydrogen) atoms. The van der Waals surface area contributed by atoms with Crippen molar-refractivity contribution in [2.75, 3.05) is 45.3 Å². The highest BCUT2D eigenvalue weighted by Gasteiger charge is 2.35. The molecule has 9 nitrogen and oxygen atoms in total. The second-order valence-corrected chi connectivity index (χ2v) is 7.73. The molecule has 0 fully saturated rings. The van der Waals surface area contributed by atoms with Crippen LogP contribution in [0.5, 0.6) is 11.5 Å². The third-order valence-corrected chi connectivity index (χ3v) is 5.50. The summed E-state index contributed by atoms with van der Waals surface area (Å²) in [7, 11) is 1.21. The van der Waals surface area contributed by atoms with Crippen LogP contribution < -0.4 is 14.8 Å². The number of amides is 1. The van der Waals surface area contributed by atoms with E-state index >= 15 is 0 Å². The van der Waals surface area contributed by atoms with Crippen molar-refractivity contribution in [1.82, 2.24) is 4.90 Å². The van der Waals surface area contributed by atoms with Crippen LogP contribution in [0.1, 0.15) is 15.9 Å². The third-order valence-electron chi connectivity index (χ3n) is 5.25. The number of benzene rings is 2. The first-order valence-electron chi connectivity index (χ1n) is 10.2. The van der Waals surface area contributed by atoms with Crippen LogP contribution in [0.4, 0.5) is 5.69 Å². The number of methoxy groups -OCH3 is 1. The van der Waals surface area contributed by atoms with Crippen molar-refractivity contribution in [3.63, 3.8) is 0 Å². The number of β-amino-alcohol motifs (C(OH)–C–C–N with tert-alkyl or cyclic N) is 1.